The highest BCUT2D eigenvalue weighted by Crippen LogP contribution is 2.22. The molecule has 0 aromatic rings. The van der Waals surface area contributed by atoms with Crippen molar-refractivity contribution in [3.63, 3.8) is 0 Å². The van der Waals surface area contributed by atoms with Crippen LogP contribution < -0.4 is 0 Å². The van der Waals surface area contributed by atoms with Crippen LogP contribution in [0.1, 0.15) is 12.8 Å². The average Bonchev–Trinajstić information content (AvgIpc) is 2.15. The Morgan fingerprint density at radius 1 is 1.25 bits per heavy atom. The van der Waals surface area contributed by atoms with Gasteiger partial charge in [-0.2, -0.15) is 0 Å². The first kappa shape index (κ1) is 14.3. The van der Waals surface area contributed by atoms with Gasteiger partial charge in [0.05, 0.1) is 0 Å². The van der Waals surface area contributed by atoms with E-state index in [0.29, 0.717) is 0 Å². The maximum Gasteiger partial charge on any atom is 0.342 e. The van der Waals surface area contributed by atoms with Gasteiger partial charge in [0.1, 0.15) is 0 Å². The molecule has 0 aromatic heterocycles. The molecule has 0 aliphatic carbocycles. The van der Waals surface area contributed by atoms with Crippen molar-refractivity contribution in [2.24, 2.45) is 0 Å². The first-order valence-electron chi connectivity index (χ1n) is 6.02. The van der Waals surface area contributed by atoms with Gasteiger partial charge in [-0.05, 0) is 38.7 Å². The Morgan fingerprint density at radius 3 is 2.56 bits per heavy atom. The van der Waals surface area contributed by atoms with Crippen LogP contribution in [0.25, 0.3) is 0 Å². The molecule has 1 saturated heterocycles. The average molecular weight is 277 g/mol. The highest BCUT2D eigenvalue weighted by Gasteiger charge is 2.39. The van der Waals surface area contributed by atoms with Gasteiger partial charge in [0.25, 0.3) is 0 Å². The fourth-order valence-electron chi connectivity index (χ4n) is 1.94. The summed E-state index contributed by atoms with van der Waals surface area (Å²) in [5.41, 5.74) is 1.90. The van der Waals surface area contributed by atoms with Gasteiger partial charge in [0.15, 0.2) is 9.04 Å². The highest BCUT2D eigenvalue weighted by atomic mass is 28.5. The van der Waals surface area contributed by atoms with E-state index in [0.717, 1.165) is 13.0 Å². The monoisotopic (exact) mass is 276 g/mol. The number of hydrogen-bond acceptors (Lipinski definition) is 3. The molecule has 1 aliphatic heterocycles. The van der Waals surface area contributed by atoms with Gasteiger partial charge in [0, 0.05) is 6.61 Å². The summed E-state index contributed by atoms with van der Waals surface area (Å²) in [4.78, 5) is 0. The van der Waals surface area contributed by atoms with Gasteiger partial charge >= 0.3 is 17.1 Å². The van der Waals surface area contributed by atoms with E-state index in [-0.39, 0.29) is 0 Å². The smallest absolute Gasteiger partial charge is 0.342 e. The maximum absolute atomic E-state index is 6.19. The standard InChI is InChI=1S/C10H24O3Si3/c1-6-16(5)12-14(2)10-8-7-9-11-15(3,4)13-16/h6,14H,1,7-10H2,2-5H3. The van der Waals surface area contributed by atoms with E-state index in [9.17, 15) is 0 Å². The molecule has 1 aliphatic rings. The molecule has 16 heavy (non-hydrogen) atoms. The summed E-state index contributed by atoms with van der Waals surface area (Å²) in [6.45, 7) is 13.3. The van der Waals surface area contributed by atoms with E-state index in [2.05, 4.69) is 32.8 Å². The van der Waals surface area contributed by atoms with Crippen LogP contribution in [0.4, 0.5) is 0 Å². The highest BCUT2D eigenvalue weighted by molar-refractivity contribution is 6.85. The Bertz CT molecular complexity index is 247. The van der Waals surface area contributed by atoms with Crippen molar-refractivity contribution in [2.75, 3.05) is 6.61 Å². The van der Waals surface area contributed by atoms with Crippen molar-refractivity contribution in [2.45, 2.75) is 45.1 Å². The molecule has 1 heterocycles. The molecule has 1 rings (SSSR count). The summed E-state index contributed by atoms with van der Waals surface area (Å²) in [5.74, 6) is 0. The second kappa shape index (κ2) is 5.74. The third-order valence-electron chi connectivity index (χ3n) is 2.71. The third kappa shape index (κ3) is 4.64. The van der Waals surface area contributed by atoms with Gasteiger partial charge < -0.3 is 12.7 Å². The van der Waals surface area contributed by atoms with Crippen molar-refractivity contribution in [3.8, 4) is 0 Å². The quantitative estimate of drug-likeness (QED) is 0.689. The van der Waals surface area contributed by atoms with Crippen LogP contribution in [-0.4, -0.2) is 32.8 Å². The number of hydrogen-bond donors (Lipinski definition) is 0. The minimum absolute atomic E-state index is 0.835. The lowest BCUT2D eigenvalue weighted by molar-refractivity contribution is 0.224. The lowest BCUT2D eigenvalue weighted by Crippen LogP contribution is -2.52. The van der Waals surface area contributed by atoms with E-state index in [4.69, 9.17) is 12.7 Å². The molecule has 0 radical (unpaired) electrons. The SMILES string of the molecule is C=C[Si]1(C)O[SiH](C)CCCCO[Si](C)(C)O1. The Labute approximate surface area is 103 Å². The van der Waals surface area contributed by atoms with E-state index in [1.807, 2.05) is 5.70 Å². The molecule has 2 atom stereocenters. The molecule has 1 fully saturated rings. The summed E-state index contributed by atoms with van der Waals surface area (Å²) in [7, 11) is -5.30. The summed E-state index contributed by atoms with van der Waals surface area (Å²) >= 11 is 0. The van der Waals surface area contributed by atoms with Crippen LogP contribution in [0, 0.1) is 0 Å². The topological polar surface area (TPSA) is 27.7 Å². The van der Waals surface area contributed by atoms with Crippen LogP contribution in [-0.2, 0) is 12.7 Å². The van der Waals surface area contributed by atoms with Crippen LogP contribution in [0.15, 0.2) is 12.3 Å². The van der Waals surface area contributed by atoms with Crippen molar-refractivity contribution >= 4 is 26.2 Å². The lowest BCUT2D eigenvalue weighted by atomic mass is 10.4. The van der Waals surface area contributed by atoms with Crippen molar-refractivity contribution in [3.05, 3.63) is 12.3 Å². The molecular formula is C10H24O3Si3. The molecule has 0 N–H and O–H groups in total. The molecule has 2 unspecified atom stereocenters. The Balaban J connectivity index is 2.75. The molecular weight excluding hydrogens is 252 g/mol. The van der Waals surface area contributed by atoms with Gasteiger partial charge in [-0.15, -0.1) is 6.58 Å². The van der Waals surface area contributed by atoms with E-state index in [1.54, 1.807) is 0 Å². The Kier molecular flexibility index (Phi) is 5.14. The number of rotatable bonds is 1. The summed E-state index contributed by atoms with van der Waals surface area (Å²) in [5, 5.41) is 0. The normalized spacial score (nSPS) is 36.6. The van der Waals surface area contributed by atoms with Crippen molar-refractivity contribution in [1.82, 2.24) is 0 Å². The first-order valence-corrected chi connectivity index (χ1v) is 13.7. The van der Waals surface area contributed by atoms with Crippen molar-refractivity contribution < 1.29 is 12.7 Å². The molecule has 0 spiro atoms. The summed E-state index contributed by atoms with van der Waals surface area (Å²) < 4.78 is 18.2. The maximum atomic E-state index is 6.19. The van der Waals surface area contributed by atoms with E-state index >= 15 is 0 Å². The van der Waals surface area contributed by atoms with Gasteiger partial charge in [-0.3, -0.25) is 0 Å². The van der Waals surface area contributed by atoms with E-state index < -0.39 is 26.2 Å². The molecule has 0 aromatic carbocycles. The zero-order valence-electron chi connectivity index (χ0n) is 10.9. The van der Waals surface area contributed by atoms with Gasteiger partial charge in [-0.1, -0.05) is 12.1 Å². The predicted octanol–water partition coefficient (Wildman–Crippen LogP) is 2.68. The first-order chi connectivity index (χ1) is 7.37. The largest absolute Gasteiger partial charge is 0.436 e. The van der Waals surface area contributed by atoms with Crippen LogP contribution >= 0.6 is 0 Å². The second-order valence-corrected chi connectivity index (χ2v) is 14.5. The van der Waals surface area contributed by atoms with Gasteiger partial charge in [0.2, 0.25) is 0 Å². The minimum atomic E-state index is -2.18. The van der Waals surface area contributed by atoms with Crippen molar-refractivity contribution in [1.29, 1.82) is 0 Å². The molecule has 0 amide bonds. The van der Waals surface area contributed by atoms with Crippen LogP contribution in [0.2, 0.25) is 32.2 Å². The molecule has 3 nitrogen and oxygen atoms in total. The molecule has 94 valence electrons. The van der Waals surface area contributed by atoms with Crippen LogP contribution in [0.5, 0.6) is 0 Å². The zero-order chi connectivity index (χ0) is 12.2. The van der Waals surface area contributed by atoms with Crippen LogP contribution in [0.3, 0.4) is 0 Å². The molecule has 0 bridgehead atoms. The Hall–Kier alpha value is 0.271. The second-order valence-electron chi connectivity index (χ2n) is 4.99. The minimum Gasteiger partial charge on any atom is -0.436 e. The fourth-order valence-corrected chi connectivity index (χ4v) is 12.6. The summed E-state index contributed by atoms with van der Waals surface area (Å²) in [6, 6.07) is 1.21. The lowest BCUT2D eigenvalue weighted by Gasteiger charge is -2.36. The molecule has 0 saturated carbocycles. The zero-order valence-corrected chi connectivity index (χ0v) is 14.1. The van der Waals surface area contributed by atoms with E-state index in [1.165, 1.54) is 12.5 Å². The fraction of sp³-hybridized carbons (Fsp3) is 0.800. The Morgan fingerprint density at radius 2 is 1.94 bits per heavy atom. The summed E-state index contributed by atoms with van der Waals surface area (Å²) in [6.07, 6.45) is 2.35. The van der Waals surface area contributed by atoms with Gasteiger partial charge in [-0.25, -0.2) is 0 Å². The molecule has 6 heteroatoms. The predicted molar refractivity (Wildman–Crippen MR) is 74.5 cm³/mol. The third-order valence-corrected chi connectivity index (χ3v) is 12.6.